The maximum atomic E-state index is 2.55. The highest BCUT2D eigenvalue weighted by Crippen LogP contribution is 2.70. The van der Waals surface area contributed by atoms with Crippen LogP contribution in [0.25, 0.3) is 60.9 Å². The number of hydrogen-bond acceptors (Lipinski definition) is 1. The summed E-state index contributed by atoms with van der Waals surface area (Å²) in [6.07, 6.45) is 7.00. The van der Waals surface area contributed by atoms with Crippen LogP contribution in [0.4, 0.5) is 17.1 Å². The number of aromatic nitrogens is 1. The molecule has 9 aromatic rings. The molecule has 1 aromatic heterocycles. The summed E-state index contributed by atoms with van der Waals surface area (Å²) in [5.74, 6) is 3.28. The molecule has 0 unspecified atom stereocenters. The summed E-state index contributed by atoms with van der Waals surface area (Å²) < 4.78 is 2.39. The highest BCUT2D eigenvalue weighted by molar-refractivity contribution is 6.09. The lowest BCUT2D eigenvalue weighted by Crippen LogP contribution is -2.55. The van der Waals surface area contributed by atoms with Crippen molar-refractivity contribution in [3.63, 3.8) is 0 Å². The number of benzene rings is 8. The van der Waals surface area contributed by atoms with Crippen LogP contribution in [0.3, 0.4) is 0 Å². The maximum Gasteiger partial charge on any atom is 0.0543 e. The number of para-hydroxylation sites is 2. The van der Waals surface area contributed by atoms with Gasteiger partial charge in [-0.05, 0) is 149 Å². The van der Waals surface area contributed by atoms with Gasteiger partial charge in [0, 0.05) is 38.8 Å². The van der Waals surface area contributed by atoms with Crippen molar-refractivity contribution in [2.45, 2.75) is 37.5 Å². The van der Waals surface area contributed by atoms with E-state index < -0.39 is 0 Å². The fraction of sp³-hybridized carbons (Fsp3) is 0.172. The second-order valence-corrected chi connectivity index (χ2v) is 18.1. The van der Waals surface area contributed by atoms with Gasteiger partial charge in [-0.3, -0.25) is 0 Å². The van der Waals surface area contributed by atoms with Crippen molar-refractivity contribution < 1.29 is 0 Å². The van der Waals surface area contributed by atoms with Crippen LogP contribution in [-0.2, 0) is 5.41 Å². The molecule has 1 spiro atoms. The molecule has 14 rings (SSSR count). The Morgan fingerprint density at radius 1 is 0.417 bits per heavy atom. The molecule has 1 heterocycles. The van der Waals surface area contributed by atoms with E-state index in [1.54, 1.807) is 11.1 Å². The lowest BCUT2D eigenvalue weighted by Gasteiger charge is -2.61. The Balaban J connectivity index is 0.938. The highest BCUT2D eigenvalue weighted by atomic mass is 15.1. The molecule has 5 aliphatic rings. The van der Waals surface area contributed by atoms with Crippen LogP contribution in [-0.4, -0.2) is 4.57 Å². The molecule has 0 radical (unpaired) electrons. The summed E-state index contributed by atoms with van der Waals surface area (Å²) in [6, 6.07) is 72.6. The Kier molecular flexibility index (Phi) is 7.52. The zero-order valence-corrected chi connectivity index (χ0v) is 33.7. The van der Waals surface area contributed by atoms with E-state index in [9.17, 15) is 0 Å². The van der Waals surface area contributed by atoms with Gasteiger partial charge in [0.25, 0.3) is 0 Å². The predicted octanol–water partition coefficient (Wildman–Crippen LogP) is 15.3. The van der Waals surface area contributed by atoms with Crippen LogP contribution in [0.15, 0.2) is 194 Å². The molecule has 5 aliphatic carbocycles. The van der Waals surface area contributed by atoms with E-state index in [4.69, 9.17) is 0 Å². The van der Waals surface area contributed by atoms with Gasteiger partial charge < -0.3 is 9.47 Å². The average Bonchev–Trinajstić information content (AvgIpc) is 3.80. The van der Waals surface area contributed by atoms with Gasteiger partial charge in [0.15, 0.2) is 0 Å². The Labute approximate surface area is 352 Å². The third-order valence-electron chi connectivity index (χ3n) is 15.2. The average molecular weight is 771 g/mol. The van der Waals surface area contributed by atoms with Gasteiger partial charge in [-0.1, -0.05) is 140 Å². The fourth-order valence-electron chi connectivity index (χ4n) is 13.1. The molecular formula is C58H46N2. The van der Waals surface area contributed by atoms with Crippen LogP contribution in [0.2, 0.25) is 0 Å². The van der Waals surface area contributed by atoms with Gasteiger partial charge in [-0.2, -0.15) is 0 Å². The first-order valence-corrected chi connectivity index (χ1v) is 22.1. The van der Waals surface area contributed by atoms with Crippen molar-refractivity contribution in [1.82, 2.24) is 4.57 Å². The molecule has 0 amide bonds. The fourth-order valence-corrected chi connectivity index (χ4v) is 13.1. The lowest BCUT2D eigenvalue weighted by atomic mass is 9.43. The molecule has 2 heteroatoms. The molecule has 288 valence electrons. The van der Waals surface area contributed by atoms with Crippen molar-refractivity contribution >= 4 is 38.9 Å². The summed E-state index contributed by atoms with van der Waals surface area (Å²) in [4.78, 5) is 2.55. The molecule has 2 nitrogen and oxygen atoms in total. The minimum Gasteiger partial charge on any atom is -0.310 e. The van der Waals surface area contributed by atoms with Crippen molar-refractivity contribution in [3.05, 3.63) is 205 Å². The van der Waals surface area contributed by atoms with Crippen molar-refractivity contribution in [2.75, 3.05) is 4.90 Å². The third-order valence-corrected chi connectivity index (χ3v) is 15.2. The summed E-state index contributed by atoms with van der Waals surface area (Å²) >= 11 is 0. The first-order chi connectivity index (χ1) is 29.7. The largest absolute Gasteiger partial charge is 0.310 e. The van der Waals surface area contributed by atoms with Crippen molar-refractivity contribution in [1.29, 1.82) is 0 Å². The molecule has 4 bridgehead atoms. The summed E-state index contributed by atoms with van der Waals surface area (Å²) in [5, 5.41) is 2.57. The second kappa shape index (κ2) is 13.2. The molecule has 60 heavy (non-hydrogen) atoms. The van der Waals surface area contributed by atoms with Crippen LogP contribution in [0.5, 0.6) is 0 Å². The topological polar surface area (TPSA) is 8.17 Å². The van der Waals surface area contributed by atoms with E-state index in [1.807, 2.05) is 0 Å². The molecule has 8 aromatic carbocycles. The van der Waals surface area contributed by atoms with Gasteiger partial charge in [0.1, 0.15) is 0 Å². The summed E-state index contributed by atoms with van der Waals surface area (Å²) in [6.45, 7) is 0. The lowest BCUT2D eigenvalue weighted by molar-refractivity contribution is -0.0399. The predicted molar refractivity (Wildman–Crippen MR) is 250 cm³/mol. The summed E-state index contributed by atoms with van der Waals surface area (Å²) in [7, 11) is 0. The molecule has 4 saturated carbocycles. The number of hydrogen-bond donors (Lipinski definition) is 0. The minimum atomic E-state index is 0.113. The highest BCUT2D eigenvalue weighted by Gasteiger charge is 2.61. The van der Waals surface area contributed by atoms with E-state index in [0.29, 0.717) is 0 Å². The van der Waals surface area contributed by atoms with E-state index >= 15 is 0 Å². The van der Waals surface area contributed by atoms with E-state index in [2.05, 4.69) is 204 Å². The van der Waals surface area contributed by atoms with Gasteiger partial charge >= 0.3 is 0 Å². The van der Waals surface area contributed by atoms with Crippen molar-refractivity contribution in [2.24, 2.45) is 23.7 Å². The summed E-state index contributed by atoms with van der Waals surface area (Å²) in [5.41, 5.74) is 18.3. The minimum absolute atomic E-state index is 0.113. The van der Waals surface area contributed by atoms with Crippen molar-refractivity contribution in [3.8, 4) is 39.1 Å². The Hall–Kier alpha value is -6.64. The first kappa shape index (κ1) is 34.2. The third kappa shape index (κ3) is 4.94. The molecular weight excluding hydrogens is 725 g/mol. The number of fused-ring (bicyclic) bond motifs is 6. The number of anilines is 3. The standard InChI is InChI=1S/C58H46N2/c1-2-12-40(13-3-1)43-14-10-15-48(37-43)59(56-23-11-20-53-57(56)51-18-4-7-19-52(51)58(53)44-33-38-32-39(35-44)36-45(58)34-38)46-28-24-41(25-29-46)42-26-30-47(31-27-42)60-54-21-8-5-16-49(54)50-17-6-9-22-55(50)60/h1-31,37-39,44-45H,32-36H2. The van der Waals surface area contributed by atoms with E-state index in [1.165, 1.54) is 110 Å². The smallest absolute Gasteiger partial charge is 0.0543 e. The van der Waals surface area contributed by atoms with Crippen LogP contribution in [0.1, 0.15) is 43.2 Å². The van der Waals surface area contributed by atoms with Gasteiger partial charge in [0.2, 0.25) is 0 Å². The first-order valence-electron chi connectivity index (χ1n) is 22.1. The van der Waals surface area contributed by atoms with Gasteiger partial charge in [0.05, 0.1) is 16.7 Å². The monoisotopic (exact) mass is 770 g/mol. The van der Waals surface area contributed by atoms with Crippen LogP contribution in [0, 0.1) is 23.7 Å². The van der Waals surface area contributed by atoms with Crippen LogP contribution < -0.4 is 4.90 Å². The Bertz CT molecular complexity index is 3020. The zero-order chi connectivity index (χ0) is 39.4. The van der Waals surface area contributed by atoms with E-state index in [-0.39, 0.29) is 5.41 Å². The Morgan fingerprint density at radius 2 is 0.967 bits per heavy atom. The molecule has 0 N–H and O–H groups in total. The number of nitrogens with zero attached hydrogens (tertiary/aromatic N) is 2. The molecule has 0 saturated heterocycles. The molecule has 4 fully saturated rings. The number of rotatable bonds is 6. The molecule has 0 atom stereocenters. The second-order valence-electron chi connectivity index (χ2n) is 18.1. The molecule has 0 aliphatic heterocycles. The Morgan fingerprint density at radius 3 is 1.67 bits per heavy atom. The van der Waals surface area contributed by atoms with Gasteiger partial charge in [-0.15, -0.1) is 0 Å². The van der Waals surface area contributed by atoms with Crippen LogP contribution >= 0.6 is 0 Å². The maximum absolute atomic E-state index is 2.55. The normalized spacial score (nSPS) is 22.1. The zero-order valence-electron chi connectivity index (χ0n) is 33.7. The van der Waals surface area contributed by atoms with Gasteiger partial charge in [-0.25, -0.2) is 0 Å². The SMILES string of the molecule is c1ccc(-c2cccc(N(c3ccc(-c4ccc(-n5c6ccccc6c6ccccc65)cc4)cc3)c3cccc4c3-c3ccccc3C43C4CC5CC(C4)CC3C5)c2)cc1. The van der Waals surface area contributed by atoms with E-state index in [0.717, 1.165) is 23.7 Å². The quantitative estimate of drug-likeness (QED) is 0.163.